The molecule has 4 heteroatoms. The van der Waals surface area contributed by atoms with Crippen LogP contribution >= 0.6 is 0 Å². The van der Waals surface area contributed by atoms with Crippen molar-refractivity contribution in [3.05, 3.63) is 29.8 Å². The summed E-state index contributed by atoms with van der Waals surface area (Å²) in [6.45, 7) is 3.31. The van der Waals surface area contributed by atoms with Gasteiger partial charge in [0, 0.05) is 18.7 Å². The minimum Gasteiger partial charge on any atom is -0.508 e. The van der Waals surface area contributed by atoms with Crippen molar-refractivity contribution in [1.82, 2.24) is 5.32 Å². The van der Waals surface area contributed by atoms with Crippen LogP contribution < -0.4 is 5.32 Å². The maximum Gasteiger partial charge on any atom is 0.224 e. The first-order chi connectivity index (χ1) is 8.59. The fraction of sp³-hybridized carbons (Fsp3) is 0.500. The van der Waals surface area contributed by atoms with Crippen molar-refractivity contribution in [2.24, 2.45) is 0 Å². The quantitative estimate of drug-likeness (QED) is 0.852. The van der Waals surface area contributed by atoms with Gasteiger partial charge in [0.15, 0.2) is 0 Å². The number of benzene rings is 1. The lowest BCUT2D eigenvalue weighted by Gasteiger charge is -2.23. The molecule has 1 saturated heterocycles. The predicted octanol–water partition coefficient (Wildman–Crippen LogP) is 1.62. The van der Waals surface area contributed by atoms with Gasteiger partial charge in [-0.3, -0.25) is 4.79 Å². The highest BCUT2D eigenvalue weighted by molar-refractivity contribution is 5.79. The Labute approximate surface area is 107 Å². The molecule has 1 unspecified atom stereocenters. The summed E-state index contributed by atoms with van der Waals surface area (Å²) in [6, 6.07) is 6.89. The molecular weight excluding hydrogens is 230 g/mol. The number of amides is 1. The van der Waals surface area contributed by atoms with Gasteiger partial charge in [-0.25, -0.2) is 0 Å². The summed E-state index contributed by atoms with van der Waals surface area (Å²) < 4.78 is 5.60. The Kier molecular flexibility index (Phi) is 3.87. The summed E-state index contributed by atoms with van der Waals surface area (Å²) in [5.41, 5.74) is 0.418. The van der Waals surface area contributed by atoms with Gasteiger partial charge < -0.3 is 15.2 Å². The van der Waals surface area contributed by atoms with Crippen molar-refractivity contribution >= 4 is 5.91 Å². The molecule has 0 aliphatic carbocycles. The average Bonchev–Trinajstić information content (AvgIpc) is 2.77. The number of hydrogen-bond acceptors (Lipinski definition) is 3. The van der Waals surface area contributed by atoms with E-state index in [0.29, 0.717) is 12.1 Å². The lowest BCUT2D eigenvalue weighted by atomic mass is 10.0. The largest absolute Gasteiger partial charge is 0.508 e. The van der Waals surface area contributed by atoms with E-state index in [4.69, 9.17) is 4.74 Å². The normalized spacial score (nSPS) is 22.9. The van der Waals surface area contributed by atoms with Gasteiger partial charge in [0.2, 0.25) is 5.91 Å². The van der Waals surface area contributed by atoms with E-state index in [-0.39, 0.29) is 23.7 Å². The van der Waals surface area contributed by atoms with Gasteiger partial charge in [0.1, 0.15) is 5.75 Å². The van der Waals surface area contributed by atoms with Crippen LogP contribution in [0.15, 0.2) is 24.3 Å². The van der Waals surface area contributed by atoms with E-state index in [2.05, 4.69) is 5.32 Å². The molecular formula is C14H19NO3. The summed E-state index contributed by atoms with van der Waals surface area (Å²) in [5, 5.41) is 12.5. The number of nitrogens with one attached hydrogen (secondary N) is 1. The zero-order valence-corrected chi connectivity index (χ0v) is 10.6. The number of carbonyl (C=O) groups is 1. The first kappa shape index (κ1) is 12.9. The van der Waals surface area contributed by atoms with Crippen LogP contribution in [0.1, 0.15) is 25.3 Å². The molecule has 2 N–H and O–H groups in total. The van der Waals surface area contributed by atoms with Gasteiger partial charge in [-0.1, -0.05) is 18.2 Å². The molecule has 1 aliphatic rings. The van der Waals surface area contributed by atoms with Crippen molar-refractivity contribution in [1.29, 1.82) is 0 Å². The van der Waals surface area contributed by atoms with E-state index in [1.165, 1.54) is 0 Å². The van der Waals surface area contributed by atoms with Crippen molar-refractivity contribution in [2.75, 3.05) is 13.2 Å². The number of phenols is 1. The van der Waals surface area contributed by atoms with Crippen LogP contribution in [0.2, 0.25) is 0 Å². The van der Waals surface area contributed by atoms with Gasteiger partial charge in [0.05, 0.1) is 12.0 Å². The predicted molar refractivity (Wildman–Crippen MR) is 68.4 cm³/mol. The van der Waals surface area contributed by atoms with Crippen molar-refractivity contribution in [3.63, 3.8) is 0 Å². The van der Waals surface area contributed by atoms with E-state index in [9.17, 15) is 9.90 Å². The number of phenolic OH excluding ortho intramolecular Hbond substituents is 1. The Hall–Kier alpha value is -1.55. The number of hydrogen-bond donors (Lipinski definition) is 2. The smallest absolute Gasteiger partial charge is 0.224 e. The standard InChI is InChI=1S/C14H19NO3/c1-14(7-4-8-18-14)10-15-13(17)9-11-5-2-3-6-12(11)16/h2-3,5-6,16H,4,7-10H2,1H3,(H,15,17). The maximum absolute atomic E-state index is 11.8. The van der Waals surface area contributed by atoms with Crippen LogP contribution in [0.5, 0.6) is 5.75 Å². The lowest BCUT2D eigenvalue weighted by Crippen LogP contribution is -2.40. The zero-order valence-electron chi connectivity index (χ0n) is 10.6. The van der Waals surface area contributed by atoms with E-state index < -0.39 is 0 Å². The third-order valence-corrected chi connectivity index (χ3v) is 3.30. The highest BCUT2D eigenvalue weighted by Crippen LogP contribution is 2.24. The molecule has 1 heterocycles. The van der Waals surface area contributed by atoms with E-state index in [1.807, 2.05) is 13.0 Å². The molecule has 0 saturated carbocycles. The van der Waals surface area contributed by atoms with Gasteiger partial charge in [0.25, 0.3) is 0 Å². The number of para-hydroxylation sites is 1. The van der Waals surface area contributed by atoms with Crippen LogP contribution in [-0.2, 0) is 16.0 Å². The molecule has 4 nitrogen and oxygen atoms in total. The Morgan fingerprint density at radius 1 is 1.50 bits per heavy atom. The minimum atomic E-state index is -0.228. The Morgan fingerprint density at radius 3 is 2.94 bits per heavy atom. The van der Waals surface area contributed by atoms with Gasteiger partial charge >= 0.3 is 0 Å². The van der Waals surface area contributed by atoms with Gasteiger partial charge in [-0.2, -0.15) is 0 Å². The van der Waals surface area contributed by atoms with Crippen molar-refractivity contribution in [2.45, 2.75) is 31.8 Å². The summed E-state index contributed by atoms with van der Waals surface area (Å²) in [6.07, 6.45) is 2.22. The fourth-order valence-corrected chi connectivity index (χ4v) is 2.16. The topological polar surface area (TPSA) is 58.6 Å². The molecule has 2 rings (SSSR count). The third-order valence-electron chi connectivity index (χ3n) is 3.30. The van der Waals surface area contributed by atoms with Gasteiger partial charge in [-0.05, 0) is 25.8 Å². The van der Waals surface area contributed by atoms with E-state index in [1.54, 1.807) is 18.2 Å². The summed E-state index contributed by atoms with van der Waals surface area (Å²) >= 11 is 0. The number of aromatic hydroxyl groups is 1. The molecule has 1 aliphatic heterocycles. The molecule has 1 amide bonds. The SMILES string of the molecule is CC1(CNC(=O)Cc2ccccc2O)CCCO1. The van der Waals surface area contributed by atoms with Gasteiger partial charge in [-0.15, -0.1) is 0 Å². The Morgan fingerprint density at radius 2 is 2.28 bits per heavy atom. The highest BCUT2D eigenvalue weighted by Gasteiger charge is 2.29. The number of carbonyl (C=O) groups excluding carboxylic acids is 1. The monoisotopic (exact) mass is 249 g/mol. The van der Waals surface area contributed by atoms with Crippen LogP contribution in [0.3, 0.4) is 0 Å². The molecule has 1 aromatic carbocycles. The molecule has 1 atom stereocenters. The zero-order chi connectivity index (χ0) is 13.0. The van der Waals surface area contributed by atoms with Crippen LogP contribution in [0.25, 0.3) is 0 Å². The first-order valence-corrected chi connectivity index (χ1v) is 6.27. The second-order valence-electron chi connectivity index (χ2n) is 4.98. The Bertz CT molecular complexity index is 425. The second kappa shape index (κ2) is 5.40. The fourth-order valence-electron chi connectivity index (χ4n) is 2.16. The van der Waals surface area contributed by atoms with Crippen LogP contribution in [-0.4, -0.2) is 29.8 Å². The number of ether oxygens (including phenoxy) is 1. The molecule has 1 fully saturated rings. The molecule has 0 radical (unpaired) electrons. The van der Waals surface area contributed by atoms with Crippen LogP contribution in [0.4, 0.5) is 0 Å². The average molecular weight is 249 g/mol. The highest BCUT2D eigenvalue weighted by atomic mass is 16.5. The molecule has 0 aromatic heterocycles. The van der Waals surface area contributed by atoms with Crippen molar-refractivity contribution < 1.29 is 14.6 Å². The summed E-state index contributed by atoms with van der Waals surface area (Å²) in [4.78, 5) is 11.8. The molecule has 0 bridgehead atoms. The summed E-state index contributed by atoms with van der Waals surface area (Å²) in [5.74, 6) is 0.0733. The molecule has 98 valence electrons. The van der Waals surface area contributed by atoms with E-state index in [0.717, 1.165) is 19.4 Å². The summed E-state index contributed by atoms with van der Waals surface area (Å²) in [7, 11) is 0. The van der Waals surface area contributed by atoms with Crippen LogP contribution in [0, 0.1) is 0 Å². The first-order valence-electron chi connectivity index (χ1n) is 6.27. The number of rotatable bonds is 4. The third kappa shape index (κ3) is 3.23. The maximum atomic E-state index is 11.8. The van der Waals surface area contributed by atoms with Crippen molar-refractivity contribution in [3.8, 4) is 5.75 Å². The van der Waals surface area contributed by atoms with E-state index >= 15 is 0 Å². The molecule has 1 aromatic rings. The second-order valence-corrected chi connectivity index (χ2v) is 4.98. The molecule has 18 heavy (non-hydrogen) atoms. The lowest BCUT2D eigenvalue weighted by molar-refractivity contribution is -0.121. The minimum absolute atomic E-state index is 0.0896. The Balaban J connectivity index is 1.84. The molecule has 0 spiro atoms.